The van der Waals surface area contributed by atoms with Gasteiger partial charge in [0.1, 0.15) is 11.1 Å². The van der Waals surface area contributed by atoms with Crippen molar-refractivity contribution in [1.29, 1.82) is 0 Å². The van der Waals surface area contributed by atoms with Crippen LogP contribution < -0.4 is 10.1 Å². The van der Waals surface area contributed by atoms with Crippen LogP contribution in [0.1, 0.15) is 24.3 Å². The number of hydrogen-bond acceptors (Lipinski definition) is 3. The molecule has 0 fully saturated rings. The lowest BCUT2D eigenvalue weighted by atomic mass is 10.1. The van der Waals surface area contributed by atoms with Crippen LogP contribution >= 0.6 is 11.6 Å². The van der Waals surface area contributed by atoms with Gasteiger partial charge in [0.15, 0.2) is 0 Å². The molecule has 0 heterocycles. The van der Waals surface area contributed by atoms with Crippen molar-refractivity contribution in [1.82, 2.24) is 5.32 Å². The number of carbonyl (C=O) groups excluding carboxylic acids is 1. The van der Waals surface area contributed by atoms with Crippen molar-refractivity contribution in [2.45, 2.75) is 18.7 Å². The molecule has 5 heteroatoms. The Morgan fingerprint density at radius 3 is 2.63 bits per heavy atom. The van der Waals surface area contributed by atoms with E-state index >= 15 is 0 Å². The molecule has 1 unspecified atom stereocenters. The first-order valence-corrected chi connectivity index (χ1v) is 6.76. The van der Waals surface area contributed by atoms with Crippen LogP contribution in [0.15, 0.2) is 24.3 Å². The van der Waals surface area contributed by atoms with Crippen LogP contribution in [-0.2, 0) is 9.53 Å². The third-order valence-corrected chi connectivity index (χ3v) is 3.06. The van der Waals surface area contributed by atoms with E-state index < -0.39 is 5.38 Å². The summed E-state index contributed by atoms with van der Waals surface area (Å²) >= 11 is 6.11. The largest absolute Gasteiger partial charge is 0.497 e. The predicted octanol–water partition coefficient (Wildman–Crippen LogP) is 2.52. The van der Waals surface area contributed by atoms with Gasteiger partial charge >= 0.3 is 0 Å². The third-order valence-electron chi connectivity index (χ3n) is 2.61. The summed E-state index contributed by atoms with van der Waals surface area (Å²) in [6.07, 6.45) is 0.784. The van der Waals surface area contributed by atoms with Gasteiger partial charge in [-0.25, -0.2) is 0 Å². The summed E-state index contributed by atoms with van der Waals surface area (Å²) < 4.78 is 10.2. The normalized spacial score (nSPS) is 11.9. The highest BCUT2D eigenvalue weighted by atomic mass is 35.5. The Balaban J connectivity index is 2.38. The molecule has 1 aromatic rings. The Bertz CT molecular complexity index is 381. The maximum absolute atomic E-state index is 11.8. The second-order valence-corrected chi connectivity index (χ2v) is 4.41. The molecule has 0 saturated carbocycles. The highest BCUT2D eigenvalue weighted by molar-refractivity contribution is 6.30. The fourth-order valence-corrected chi connectivity index (χ4v) is 1.77. The first-order valence-electron chi connectivity index (χ1n) is 6.32. The number of methoxy groups -OCH3 is 1. The maximum atomic E-state index is 11.8. The van der Waals surface area contributed by atoms with E-state index in [1.165, 1.54) is 0 Å². The second kappa shape index (κ2) is 8.77. The molecule has 0 saturated heterocycles. The van der Waals surface area contributed by atoms with Gasteiger partial charge in [0, 0.05) is 19.8 Å². The Kier molecular flexibility index (Phi) is 7.30. The monoisotopic (exact) mass is 285 g/mol. The van der Waals surface area contributed by atoms with E-state index in [0.717, 1.165) is 17.7 Å². The number of ether oxygens (including phenoxy) is 2. The van der Waals surface area contributed by atoms with E-state index in [2.05, 4.69) is 5.32 Å². The number of nitrogens with one attached hydrogen (secondary N) is 1. The van der Waals surface area contributed by atoms with E-state index in [-0.39, 0.29) is 5.91 Å². The lowest BCUT2D eigenvalue weighted by Crippen LogP contribution is -2.28. The molecule has 1 rings (SSSR count). The minimum absolute atomic E-state index is 0.191. The number of carbonyl (C=O) groups is 1. The summed E-state index contributed by atoms with van der Waals surface area (Å²) in [5, 5.41) is 2.10. The molecule has 0 spiro atoms. The van der Waals surface area contributed by atoms with Gasteiger partial charge in [-0.05, 0) is 31.0 Å². The SMILES string of the molecule is CCOCCCNC(=O)C(Cl)c1ccc(OC)cc1. The summed E-state index contributed by atoms with van der Waals surface area (Å²) in [4.78, 5) is 11.8. The average Bonchev–Trinajstić information content (AvgIpc) is 2.46. The molecular weight excluding hydrogens is 266 g/mol. The fraction of sp³-hybridized carbons (Fsp3) is 0.500. The Labute approximate surface area is 119 Å². The number of amides is 1. The molecule has 4 nitrogen and oxygen atoms in total. The van der Waals surface area contributed by atoms with Crippen molar-refractivity contribution < 1.29 is 14.3 Å². The van der Waals surface area contributed by atoms with Crippen molar-refractivity contribution in [3.05, 3.63) is 29.8 Å². The van der Waals surface area contributed by atoms with E-state index in [0.29, 0.717) is 19.8 Å². The third kappa shape index (κ3) is 5.49. The predicted molar refractivity (Wildman–Crippen MR) is 75.7 cm³/mol. The van der Waals surface area contributed by atoms with Crippen LogP contribution in [0.3, 0.4) is 0 Å². The van der Waals surface area contributed by atoms with Crippen molar-refractivity contribution in [2.24, 2.45) is 0 Å². The van der Waals surface area contributed by atoms with Gasteiger partial charge in [-0.1, -0.05) is 12.1 Å². The molecule has 19 heavy (non-hydrogen) atoms. The molecule has 1 amide bonds. The van der Waals surface area contributed by atoms with E-state index in [1.54, 1.807) is 31.4 Å². The van der Waals surface area contributed by atoms with Crippen LogP contribution in [0.4, 0.5) is 0 Å². The van der Waals surface area contributed by atoms with E-state index in [1.807, 2.05) is 6.92 Å². The molecule has 0 aliphatic rings. The van der Waals surface area contributed by atoms with Crippen molar-refractivity contribution in [2.75, 3.05) is 26.9 Å². The standard InChI is InChI=1S/C14H20ClNO3/c1-3-19-10-4-9-16-14(17)13(15)11-5-7-12(18-2)8-6-11/h5-8,13H,3-4,9-10H2,1-2H3,(H,16,17). The zero-order valence-corrected chi connectivity index (χ0v) is 12.1. The van der Waals surface area contributed by atoms with Gasteiger partial charge in [-0.15, -0.1) is 11.6 Å². The molecule has 0 radical (unpaired) electrons. The Hall–Kier alpha value is -1.26. The minimum atomic E-state index is -0.682. The molecule has 1 aromatic carbocycles. The molecule has 0 aliphatic heterocycles. The Morgan fingerprint density at radius 1 is 1.37 bits per heavy atom. The molecule has 1 N–H and O–H groups in total. The molecule has 106 valence electrons. The highest BCUT2D eigenvalue weighted by Gasteiger charge is 2.16. The molecule has 0 bridgehead atoms. The summed E-state index contributed by atoms with van der Waals surface area (Å²) in [5.74, 6) is 0.549. The maximum Gasteiger partial charge on any atom is 0.242 e. The summed E-state index contributed by atoms with van der Waals surface area (Å²) in [6, 6.07) is 7.15. The van der Waals surface area contributed by atoms with Crippen LogP contribution in [-0.4, -0.2) is 32.8 Å². The van der Waals surface area contributed by atoms with Crippen LogP contribution in [0.5, 0.6) is 5.75 Å². The number of hydrogen-bond donors (Lipinski definition) is 1. The molecule has 0 aliphatic carbocycles. The molecule has 1 atom stereocenters. The minimum Gasteiger partial charge on any atom is -0.497 e. The second-order valence-electron chi connectivity index (χ2n) is 3.98. The van der Waals surface area contributed by atoms with Crippen LogP contribution in [0, 0.1) is 0 Å². The van der Waals surface area contributed by atoms with Gasteiger partial charge in [-0.2, -0.15) is 0 Å². The fourth-order valence-electron chi connectivity index (χ4n) is 1.54. The van der Waals surface area contributed by atoms with E-state index in [9.17, 15) is 4.79 Å². The van der Waals surface area contributed by atoms with Gasteiger partial charge in [0.2, 0.25) is 5.91 Å². The van der Waals surface area contributed by atoms with Gasteiger partial charge in [0.05, 0.1) is 7.11 Å². The Morgan fingerprint density at radius 2 is 2.05 bits per heavy atom. The van der Waals surface area contributed by atoms with Crippen LogP contribution in [0.2, 0.25) is 0 Å². The highest BCUT2D eigenvalue weighted by Crippen LogP contribution is 2.22. The zero-order valence-electron chi connectivity index (χ0n) is 11.3. The quantitative estimate of drug-likeness (QED) is 0.590. The van der Waals surface area contributed by atoms with Crippen LogP contribution in [0.25, 0.3) is 0 Å². The topological polar surface area (TPSA) is 47.6 Å². The lowest BCUT2D eigenvalue weighted by Gasteiger charge is -2.11. The van der Waals surface area contributed by atoms with Crippen molar-refractivity contribution in [3.63, 3.8) is 0 Å². The molecule has 0 aromatic heterocycles. The average molecular weight is 286 g/mol. The zero-order chi connectivity index (χ0) is 14.1. The first kappa shape index (κ1) is 15.8. The first-order chi connectivity index (χ1) is 9.19. The number of rotatable bonds is 8. The number of alkyl halides is 1. The lowest BCUT2D eigenvalue weighted by molar-refractivity contribution is -0.120. The summed E-state index contributed by atoms with van der Waals surface area (Å²) in [5.41, 5.74) is 0.754. The molecular formula is C14H20ClNO3. The van der Waals surface area contributed by atoms with Gasteiger partial charge < -0.3 is 14.8 Å². The van der Waals surface area contributed by atoms with E-state index in [4.69, 9.17) is 21.1 Å². The smallest absolute Gasteiger partial charge is 0.242 e. The summed E-state index contributed by atoms with van der Waals surface area (Å²) in [7, 11) is 1.60. The number of benzene rings is 1. The van der Waals surface area contributed by atoms with Crippen molar-refractivity contribution >= 4 is 17.5 Å². The van der Waals surface area contributed by atoms with Gasteiger partial charge in [0.25, 0.3) is 0 Å². The number of halogens is 1. The van der Waals surface area contributed by atoms with Gasteiger partial charge in [-0.3, -0.25) is 4.79 Å². The summed E-state index contributed by atoms with van der Waals surface area (Å²) in [6.45, 7) is 3.85. The van der Waals surface area contributed by atoms with Crippen molar-refractivity contribution in [3.8, 4) is 5.75 Å².